The van der Waals surface area contributed by atoms with E-state index in [9.17, 15) is 0 Å². The minimum Gasteiger partial charge on any atom is -0.494 e. The monoisotopic (exact) mass is 317 g/mol. The van der Waals surface area contributed by atoms with E-state index >= 15 is 0 Å². The lowest BCUT2D eigenvalue weighted by Crippen LogP contribution is -1.96. The first kappa shape index (κ1) is 20.1. The van der Waals surface area contributed by atoms with Crippen LogP contribution in [0.15, 0.2) is 24.3 Å². The van der Waals surface area contributed by atoms with Gasteiger partial charge in [0.1, 0.15) is 5.75 Å². The fourth-order valence-electron chi connectivity index (χ4n) is 2.95. The Morgan fingerprint density at radius 2 is 1.09 bits per heavy atom. The first-order valence-electron chi connectivity index (χ1n) is 10.0. The van der Waals surface area contributed by atoms with Crippen molar-refractivity contribution in [2.75, 3.05) is 6.61 Å². The molecule has 0 spiro atoms. The van der Waals surface area contributed by atoms with Crippen LogP contribution in [0.25, 0.3) is 0 Å². The van der Waals surface area contributed by atoms with E-state index in [0.717, 1.165) is 12.4 Å². The van der Waals surface area contributed by atoms with Gasteiger partial charge in [-0.05, 0) is 24.6 Å². The average Bonchev–Trinajstić information content (AvgIpc) is 2.59. The van der Waals surface area contributed by atoms with E-state index in [1.807, 2.05) is 24.3 Å². The van der Waals surface area contributed by atoms with Gasteiger partial charge in [-0.25, -0.2) is 0 Å². The van der Waals surface area contributed by atoms with Gasteiger partial charge in [0.15, 0.2) is 0 Å². The Bertz CT molecular complexity index is 333. The minimum atomic E-state index is 0.849. The summed E-state index contributed by atoms with van der Waals surface area (Å²) < 4.78 is 5.69. The third-order valence-electron chi connectivity index (χ3n) is 4.45. The summed E-state index contributed by atoms with van der Waals surface area (Å²) in [5, 5.41) is 0. The van der Waals surface area contributed by atoms with Crippen LogP contribution in [0.3, 0.4) is 0 Å². The van der Waals surface area contributed by atoms with E-state index in [0.29, 0.717) is 0 Å². The van der Waals surface area contributed by atoms with E-state index in [-0.39, 0.29) is 0 Å². The average molecular weight is 318 g/mol. The van der Waals surface area contributed by atoms with Crippen LogP contribution in [0.4, 0.5) is 0 Å². The van der Waals surface area contributed by atoms with Crippen LogP contribution in [0, 0.1) is 6.07 Å². The Kier molecular flexibility index (Phi) is 13.9. The van der Waals surface area contributed by atoms with Gasteiger partial charge in [0.25, 0.3) is 0 Å². The molecule has 0 fully saturated rings. The van der Waals surface area contributed by atoms with Crippen molar-refractivity contribution in [2.24, 2.45) is 0 Å². The molecular weight excluding hydrogens is 280 g/mol. The Balaban J connectivity index is 1.72. The summed E-state index contributed by atoms with van der Waals surface area (Å²) in [5.74, 6) is 0.971. The topological polar surface area (TPSA) is 9.23 Å². The molecule has 0 atom stereocenters. The molecule has 1 aromatic rings. The van der Waals surface area contributed by atoms with E-state index in [1.54, 1.807) is 0 Å². The quantitative estimate of drug-likeness (QED) is 0.290. The molecule has 0 aliphatic carbocycles. The summed E-state index contributed by atoms with van der Waals surface area (Å²) in [6.45, 7) is 3.14. The maximum absolute atomic E-state index is 5.69. The SMILES string of the molecule is CCCCCCCCCCCCCCCCOc1cc[c]cc1. The van der Waals surface area contributed by atoms with Gasteiger partial charge in [0.2, 0.25) is 0 Å². The lowest BCUT2D eigenvalue weighted by Gasteiger charge is -2.06. The van der Waals surface area contributed by atoms with Gasteiger partial charge in [0, 0.05) is 0 Å². The van der Waals surface area contributed by atoms with Crippen LogP contribution >= 0.6 is 0 Å². The second-order valence-electron chi connectivity index (χ2n) is 6.68. The van der Waals surface area contributed by atoms with Crippen LogP contribution < -0.4 is 4.74 Å². The number of hydrogen-bond donors (Lipinski definition) is 0. The highest BCUT2D eigenvalue weighted by molar-refractivity contribution is 5.20. The maximum Gasteiger partial charge on any atom is 0.119 e. The number of hydrogen-bond acceptors (Lipinski definition) is 1. The number of ether oxygens (including phenoxy) is 1. The van der Waals surface area contributed by atoms with Gasteiger partial charge in [-0.3, -0.25) is 0 Å². The molecule has 0 amide bonds. The molecule has 0 aromatic heterocycles. The highest BCUT2D eigenvalue weighted by Crippen LogP contribution is 2.13. The van der Waals surface area contributed by atoms with Crippen molar-refractivity contribution in [3.8, 4) is 5.75 Å². The number of benzene rings is 1. The first-order valence-corrected chi connectivity index (χ1v) is 10.0. The molecule has 1 nitrogen and oxygen atoms in total. The van der Waals surface area contributed by atoms with E-state index in [4.69, 9.17) is 4.74 Å². The molecular formula is C22H37O. The lowest BCUT2D eigenvalue weighted by molar-refractivity contribution is 0.304. The van der Waals surface area contributed by atoms with Crippen molar-refractivity contribution >= 4 is 0 Å². The van der Waals surface area contributed by atoms with Gasteiger partial charge in [-0.1, -0.05) is 103 Å². The van der Waals surface area contributed by atoms with Crippen molar-refractivity contribution in [1.82, 2.24) is 0 Å². The minimum absolute atomic E-state index is 0.849. The molecule has 0 N–H and O–H groups in total. The molecule has 131 valence electrons. The Hall–Kier alpha value is -0.980. The Labute approximate surface area is 144 Å². The molecule has 0 saturated heterocycles. The van der Waals surface area contributed by atoms with Crippen LogP contribution in [-0.2, 0) is 0 Å². The first-order chi connectivity index (χ1) is 11.4. The van der Waals surface area contributed by atoms with Crippen LogP contribution in [0.5, 0.6) is 5.75 Å². The van der Waals surface area contributed by atoms with Crippen molar-refractivity contribution in [3.63, 3.8) is 0 Å². The predicted molar refractivity (Wildman–Crippen MR) is 101 cm³/mol. The highest BCUT2D eigenvalue weighted by Gasteiger charge is 1.95. The third-order valence-corrected chi connectivity index (χ3v) is 4.45. The summed E-state index contributed by atoms with van der Waals surface area (Å²) in [4.78, 5) is 0. The van der Waals surface area contributed by atoms with Gasteiger partial charge in [-0.15, -0.1) is 0 Å². The summed E-state index contributed by atoms with van der Waals surface area (Å²) in [6, 6.07) is 10.8. The van der Waals surface area contributed by atoms with Crippen LogP contribution in [-0.4, -0.2) is 6.61 Å². The second-order valence-corrected chi connectivity index (χ2v) is 6.68. The number of unbranched alkanes of at least 4 members (excludes halogenated alkanes) is 13. The van der Waals surface area contributed by atoms with Gasteiger partial charge >= 0.3 is 0 Å². The molecule has 0 unspecified atom stereocenters. The normalized spacial score (nSPS) is 10.8. The molecule has 1 aromatic carbocycles. The fourth-order valence-corrected chi connectivity index (χ4v) is 2.95. The smallest absolute Gasteiger partial charge is 0.119 e. The molecule has 0 heterocycles. The largest absolute Gasteiger partial charge is 0.494 e. The van der Waals surface area contributed by atoms with Crippen molar-refractivity contribution in [3.05, 3.63) is 30.3 Å². The van der Waals surface area contributed by atoms with E-state index < -0.39 is 0 Å². The van der Waals surface area contributed by atoms with Crippen LogP contribution in [0.2, 0.25) is 0 Å². The third kappa shape index (κ3) is 13.2. The van der Waals surface area contributed by atoms with Gasteiger partial charge in [0.05, 0.1) is 6.61 Å². The van der Waals surface area contributed by atoms with Crippen molar-refractivity contribution < 1.29 is 4.74 Å². The number of rotatable bonds is 16. The Morgan fingerprint density at radius 1 is 0.652 bits per heavy atom. The summed E-state index contributed by atoms with van der Waals surface area (Å²) in [5.41, 5.74) is 0. The standard InChI is InChI=1S/C22H37O/c1-2-3-4-5-6-7-8-9-10-11-12-13-14-18-21-23-22-19-16-15-17-20-22/h16-17,19-20H,2-14,18,21H2,1H3. The van der Waals surface area contributed by atoms with Gasteiger partial charge in [-0.2, -0.15) is 0 Å². The van der Waals surface area contributed by atoms with Crippen molar-refractivity contribution in [1.29, 1.82) is 0 Å². The molecule has 0 aliphatic rings. The molecule has 1 rings (SSSR count). The second kappa shape index (κ2) is 15.9. The van der Waals surface area contributed by atoms with E-state index in [2.05, 4.69) is 13.0 Å². The predicted octanol–water partition coefficient (Wildman–Crippen LogP) is 7.35. The zero-order chi connectivity index (χ0) is 16.4. The van der Waals surface area contributed by atoms with Crippen molar-refractivity contribution in [2.45, 2.75) is 96.8 Å². The van der Waals surface area contributed by atoms with E-state index in [1.165, 1.54) is 89.9 Å². The van der Waals surface area contributed by atoms with Gasteiger partial charge < -0.3 is 4.74 Å². The molecule has 1 heteroatoms. The van der Waals surface area contributed by atoms with Crippen LogP contribution in [0.1, 0.15) is 96.8 Å². The molecule has 23 heavy (non-hydrogen) atoms. The molecule has 1 radical (unpaired) electrons. The maximum atomic E-state index is 5.69. The summed E-state index contributed by atoms with van der Waals surface area (Å²) in [6.07, 6.45) is 19.6. The zero-order valence-corrected chi connectivity index (χ0v) is 15.3. The highest BCUT2D eigenvalue weighted by atomic mass is 16.5. The summed E-state index contributed by atoms with van der Waals surface area (Å²) >= 11 is 0. The molecule has 0 saturated carbocycles. The molecule has 0 bridgehead atoms. The summed E-state index contributed by atoms with van der Waals surface area (Å²) in [7, 11) is 0. The fraction of sp³-hybridized carbons (Fsp3) is 0.727. The Morgan fingerprint density at radius 3 is 1.57 bits per heavy atom. The lowest BCUT2D eigenvalue weighted by atomic mass is 10.0. The molecule has 0 aliphatic heterocycles. The zero-order valence-electron chi connectivity index (χ0n) is 15.3.